The molecular formula is C10H13N7O3. The van der Waals surface area contributed by atoms with Gasteiger partial charge in [0.2, 0.25) is 0 Å². The molecule has 0 bridgehead atoms. The fraction of sp³-hybridized carbons (Fsp3) is 0.300. The van der Waals surface area contributed by atoms with Gasteiger partial charge in [-0.15, -0.1) is 0 Å². The molecular weight excluding hydrogens is 266 g/mol. The van der Waals surface area contributed by atoms with E-state index in [2.05, 4.69) is 30.9 Å². The third-order valence-corrected chi connectivity index (χ3v) is 2.30. The van der Waals surface area contributed by atoms with Crippen molar-refractivity contribution in [2.24, 2.45) is 0 Å². The van der Waals surface area contributed by atoms with Gasteiger partial charge in [-0.1, -0.05) is 0 Å². The number of amides is 2. The number of nitrogens with one attached hydrogen (secondary N) is 3. The van der Waals surface area contributed by atoms with Gasteiger partial charge in [-0.05, 0) is 0 Å². The van der Waals surface area contributed by atoms with Gasteiger partial charge in [0, 0.05) is 19.2 Å². The van der Waals surface area contributed by atoms with Crippen molar-refractivity contribution in [3.63, 3.8) is 0 Å². The van der Waals surface area contributed by atoms with Crippen molar-refractivity contribution in [2.75, 3.05) is 11.9 Å². The minimum absolute atomic E-state index is 0.255. The van der Waals surface area contributed by atoms with Crippen LogP contribution in [-0.2, 0) is 17.8 Å². The quantitative estimate of drug-likeness (QED) is 0.559. The molecule has 0 spiro atoms. The largest absolute Gasteiger partial charge is 0.480 e. The van der Waals surface area contributed by atoms with Crippen LogP contribution in [0.4, 0.5) is 10.5 Å². The molecule has 2 amide bonds. The summed E-state index contributed by atoms with van der Waals surface area (Å²) in [7, 11) is 0. The van der Waals surface area contributed by atoms with Crippen LogP contribution in [0.25, 0.3) is 0 Å². The summed E-state index contributed by atoms with van der Waals surface area (Å²) in [5.41, 5.74) is 0.420. The molecule has 0 aliphatic rings. The number of aromatic amines is 1. The van der Waals surface area contributed by atoms with Gasteiger partial charge in [-0.3, -0.25) is 14.6 Å². The molecule has 0 aromatic carbocycles. The Hall–Kier alpha value is -2.91. The molecule has 10 heteroatoms. The standard InChI is InChI=1S/C10H13N7O3/c18-9(19)5-17-4-7(3-14-17)15-10(20)11-2-1-8-12-6-13-16-8/h3-4,6H,1-2,5H2,(H,18,19)(H2,11,15,20)(H,12,13,16). The van der Waals surface area contributed by atoms with Gasteiger partial charge >= 0.3 is 12.0 Å². The van der Waals surface area contributed by atoms with E-state index in [9.17, 15) is 9.59 Å². The van der Waals surface area contributed by atoms with E-state index in [1.807, 2.05) is 0 Å². The molecule has 0 aliphatic heterocycles. The molecule has 0 fully saturated rings. The second-order valence-corrected chi connectivity index (χ2v) is 3.88. The van der Waals surface area contributed by atoms with Crippen molar-refractivity contribution in [2.45, 2.75) is 13.0 Å². The first-order valence-corrected chi connectivity index (χ1v) is 5.77. The van der Waals surface area contributed by atoms with Crippen LogP contribution >= 0.6 is 0 Å². The molecule has 2 rings (SSSR count). The normalized spacial score (nSPS) is 10.2. The number of aliphatic carboxylic acids is 1. The lowest BCUT2D eigenvalue weighted by molar-refractivity contribution is -0.137. The Bertz CT molecular complexity index is 577. The number of aromatic nitrogens is 5. The Morgan fingerprint density at radius 1 is 1.45 bits per heavy atom. The number of H-pyrrole nitrogens is 1. The van der Waals surface area contributed by atoms with E-state index in [1.165, 1.54) is 23.4 Å². The van der Waals surface area contributed by atoms with Gasteiger partial charge in [-0.25, -0.2) is 9.78 Å². The Labute approximate surface area is 113 Å². The summed E-state index contributed by atoms with van der Waals surface area (Å²) in [4.78, 5) is 26.0. The van der Waals surface area contributed by atoms with Crippen LogP contribution in [0.15, 0.2) is 18.7 Å². The maximum absolute atomic E-state index is 11.6. The first kappa shape index (κ1) is 13.5. The highest BCUT2D eigenvalue weighted by molar-refractivity contribution is 5.88. The van der Waals surface area contributed by atoms with E-state index in [0.29, 0.717) is 24.5 Å². The zero-order valence-electron chi connectivity index (χ0n) is 10.4. The fourth-order valence-electron chi connectivity index (χ4n) is 1.47. The van der Waals surface area contributed by atoms with E-state index in [-0.39, 0.29) is 6.54 Å². The van der Waals surface area contributed by atoms with Gasteiger partial charge in [0.15, 0.2) is 0 Å². The van der Waals surface area contributed by atoms with E-state index in [0.717, 1.165) is 0 Å². The van der Waals surface area contributed by atoms with Gasteiger partial charge in [0.1, 0.15) is 18.7 Å². The zero-order valence-corrected chi connectivity index (χ0v) is 10.4. The highest BCUT2D eigenvalue weighted by atomic mass is 16.4. The smallest absolute Gasteiger partial charge is 0.325 e. The number of carbonyl (C=O) groups excluding carboxylic acids is 1. The summed E-state index contributed by atoms with van der Waals surface area (Å²) < 4.78 is 1.21. The molecule has 0 aliphatic carbocycles. The molecule has 2 aromatic rings. The number of anilines is 1. The van der Waals surface area contributed by atoms with Crippen molar-refractivity contribution in [3.8, 4) is 0 Å². The molecule has 0 unspecified atom stereocenters. The van der Waals surface area contributed by atoms with Gasteiger partial charge in [-0.2, -0.15) is 10.2 Å². The summed E-state index contributed by atoms with van der Waals surface area (Å²) >= 11 is 0. The number of nitrogens with zero attached hydrogens (tertiary/aromatic N) is 4. The zero-order chi connectivity index (χ0) is 14.4. The van der Waals surface area contributed by atoms with Crippen molar-refractivity contribution < 1.29 is 14.7 Å². The monoisotopic (exact) mass is 279 g/mol. The molecule has 10 nitrogen and oxygen atoms in total. The third kappa shape index (κ3) is 4.08. The maximum Gasteiger partial charge on any atom is 0.325 e. The van der Waals surface area contributed by atoms with Crippen molar-refractivity contribution in [1.82, 2.24) is 30.3 Å². The van der Waals surface area contributed by atoms with Crippen molar-refractivity contribution >= 4 is 17.7 Å². The highest BCUT2D eigenvalue weighted by Crippen LogP contribution is 2.04. The van der Waals surface area contributed by atoms with Crippen LogP contribution < -0.4 is 10.6 Å². The number of hydrogen-bond donors (Lipinski definition) is 4. The van der Waals surface area contributed by atoms with Crippen LogP contribution in [-0.4, -0.2) is 48.6 Å². The number of rotatable bonds is 6. The second kappa shape index (κ2) is 6.31. The van der Waals surface area contributed by atoms with E-state index >= 15 is 0 Å². The van der Waals surface area contributed by atoms with Crippen molar-refractivity contribution in [3.05, 3.63) is 24.5 Å². The molecule has 2 aromatic heterocycles. The molecule has 4 N–H and O–H groups in total. The van der Waals surface area contributed by atoms with E-state index in [4.69, 9.17) is 5.11 Å². The predicted molar refractivity (Wildman–Crippen MR) is 67.0 cm³/mol. The maximum atomic E-state index is 11.6. The topological polar surface area (TPSA) is 138 Å². The molecule has 0 atom stereocenters. The third-order valence-electron chi connectivity index (χ3n) is 2.30. The lowest BCUT2D eigenvalue weighted by Gasteiger charge is -2.04. The van der Waals surface area contributed by atoms with Gasteiger partial charge in [0.25, 0.3) is 0 Å². The van der Waals surface area contributed by atoms with Crippen LogP contribution in [0.5, 0.6) is 0 Å². The highest BCUT2D eigenvalue weighted by Gasteiger charge is 2.06. The molecule has 0 saturated carbocycles. The van der Waals surface area contributed by atoms with Crippen LogP contribution in [0.3, 0.4) is 0 Å². The predicted octanol–water partition coefficient (Wildman–Crippen LogP) is -0.550. The summed E-state index contributed by atoms with van der Waals surface area (Å²) in [6.07, 6.45) is 4.74. The molecule has 20 heavy (non-hydrogen) atoms. The Morgan fingerprint density at radius 2 is 2.30 bits per heavy atom. The van der Waals surface area contributed by atoms with Gasteiger partial charge in [0.05, 0.1) is 11.9 Å². The summed E-state index contributed by atoms with van der Waals surface area (Å²) in [6, 6.07) is -0.403. The Morgan fingerprint density at radius 3 is 3.00 bits per heavy atom. The lowest BCUT2D eigenvalue weighted by Crippen LogP contribution is -2.30. The van der Waals surface area contributed by atoms with Crippen LogP contribution in [0.2, 0.25) is 0 Å². The minimum atomic E-state index is -1.00. The SMILES string of the molecule is O=C(O)Cn1cc(NC(=O)NCCc2ncn[nH]2)cn1. The molecule has 0 saturated heterocycles. The van der Waals surface area contributed by atoms with Gasteiger partial charge < -0.3 is 15.7 Å². The summed E-state index contributed by atoms with van der Waals surface area (Å²) in [6.45, 7) is 0.138. The lowest BCUT2D eigenvalue weighted by atomic mass is 10.4. The first-order chi connectivity index (χ1) is 9.63. The molecule has 2 heterocycles. The number of carbonyl (C=O) groups is 2. The average molecular weight is 279 g/mol. The Kier molecular flexibility index (Phi) is 4.27. The minimum Gasteiger partial charge on any atom is -0.480 e. The molecule has 0 radical (unpaired) electrons. The number of urea groups is 1. The first-order valence-electron chi connectivity index (χ1n) is 5.77. The summed E-state index contributed by atoms with van der Waals surface area (Å²) in [5, 5.41) is 23.9. The Balaban J connectivity index is 1.73. The van der Waals surface area contributed by atoms with E-state index in [1.54, 1.807) is 0 Å². The van der Waals surface area contributed by atoms with Crippen LogP contribution in [0, 0.1) is 0 Å². The second-order valence-electron chi connectivity index (χ2n) is 3.88. The number of carboxylic acid groups (broad SMARTS) is 1. The van der Waals surface area contributed by atoms with Crippen molar-refractivity contribution in [1.29, 1.82) is 0 Å². The number of hydrogen-bond acceptors (Lipinski definition) is 5. The van der Waals surface area contributed by atoms with Crippen LogP contribution in [0.1, 0.15) is 5.82 Å². The number of carboxylic acids is 1. The summed E-state index contributed by atoms with van der Waals surface area (Å²) in [5.74, 6) is -0.323. The van der Waals surface area contributed by atoms with E-state index < -0.39 is 12.0 Å². The average Bonchev–Trinajstić information content (AvgIpc) is 3.00. The molecule has 106 valence electrons. The fourth-order valence-corrected chi connectivity index (χ4v) is 1.47.